The third-order valence-corrected chi connectivity index (χ3v) is 3.01. The fourth-order valence-corrected chi connectivity index (χ4v) is 1.77. The number of hydrogen-bond donors (Lipinski definition) is 1. The highest BCUT2D eigenvalue weighted by molar-refractivity contribution is 9.10. The van der Waals surface area contributed by atoms with Gasteiger partial charge in [-0.25, -0.2) is 4.98 Å². The third kappa shape index (κ3) is 2.90. The molecule has 2 rings (SSSR count). The first kappa shape index (κ1) is 12.2. The number of benzene rings is 1. The number of aromatic nitrogens is 1. The highest BCUT2D eigenvalue weighted by Crippen LogP contribution is 2.31. The van der Waals surface area contributed by atoms with Crippen LogP contribution in [0, 0.1) is 6.92 Å². The number of nitrogens with two attached hydrogens (primary N) is 1. The van der Waals surface area contributed by atoms with Crippen molar-refractivity contribution in [1.82, 2.24) is 4.98 Å². The molecule has 0 amide bonds. The van der Waals surface area contributed by atoms with Crippen LogP contribution in [-0.4, -0.2) is 4.98 Å². The maximum absolute atomic E-state index is 6.02. The zero-order valence-corrected chi connectivity index (χ0v) is 11.4. The van der Waals surface area contributed by atoms with Crippen molar-refractivity contribution in [2.24, 2.45) is 0 Å². The van der Waals surface area contributed by atoms with Crippen molar-refractivity contribution in [3.63, 3.8) is 0 Å². The van der Waals surface area contributed by atoms with Gasteiger partial charge < -0.3 is 10.5 Å². The number of ether oxygens (including phenoxy) is 1. The van der Waals surface area contributed by atoms with Gasteiger partial charge in [0.1, 0.15) is 5.75 Å². The summed E-state index contributed by atoms with van der Waals surface area (Å²) in [7, 11) is 0. The Morgan fingerprint density at radius 2 is 2.06 bits per heavy atom. The third-order valence-electron chi connectivity index (χ3n) is 2.21. The molecule has 1 aromatic heterocycles. The smallest absolute Gasteiger partial charge is 0.219 e. The number of hydrogen-bond acceptors (Lipinski definition) is 3. The molecule has 88 valence electrons. The fourth-order valence-electron chi connectivity index (χ4n) is 1.27. The number of anilines is 1. The summed E-state index contributed by atoms with van der Waals surface area (Å²) in [5, 5.41) is 0.532. The molecule has 0 unspecified atom stereocenters. The average Bonchev–Trinajstić information content (AvgIpc) is 2.29. The van der Waals surface area contributed by atoms with E-state index in [1.807, 2.05) is 13.0 Å². The first-order chi connectivity index (χ1) is 8.06. The lowest BCUT2D eigenvalue weighted by Crippen LogP contribution is -1.95. The second-order valence-corrected chi connectivity index (χ2v) is 4.82. The largest absolute Gasteiger partial charge is 0.437 e. The number of nitrogen functional groups attached to an aromatic ring is 1. The van der Waals surface area contributed by atoms with E-state index in [-0.39, 0.29) is 0 Å². The summed E-state index contributed by atoms with van der Waals surface area (Å²) in [6, 6.07) is 8.85. The Morgan fingerprint density at radius 3 is 2.76 bits per heavy atom. The Kier molecular flexibility index (Phi) is 3.54. The predicted octanol–water partition coefficient (Wildman–Crippen LogP) is 4.18. The highest BCUT2D eigenvalue weighted by atomic mass is 79.9. The molecule has 2 aromatic rings. The van der Waals surface area contributed by atoms with E-state index in [0.717, 1.165) is 10.2 Å². The Balaban J connectivity index is 2.31. The van der Waals surface area contributed by atoms with Gasteiger partial charge >= 0.3 is 0 Å². The van der Waals surface area contributed by atoms with Gasteiger partial charge in [-0.3, -0.25) is 0 Å². The first-order valence-corrected chi connectivity index (χ1v) is 6.09. The number of rotatable bonds is 2. The van der Waals surface area contributed by atoms with Crippen molar-refractivity contribution in [3.05, 3.63) is 45.5 Å². The minimum Gasteiger partial charge on any atom is -0.437 e. The Hall–Kier alpha value is -1.26. The summed E-state index contributed by atoms with van der Waals surface area (Å²) in [4.78, 5) is 4.22. The van der Waals surface area contributed by atoms with Crippen molar-refractivity contribution < 1.29 is 4.74 Å². The van der Waals surface area contributed by atoms with E-state index in [2.05, 4.69) is 20.9 Å². The van der Waals surface area contributed by atoms with Gasteiger partial charge in [0.15, 0.2) is 0 Å². The molecule has 0 aliphatic carbocycles. The van der Waals surface area contributed by atoms with E-state index in [1.54, 1.807) is 24.3 Å². The number of aryl methyl sites for hydroxylation is 1. The number of nitrogens with zero attached hydrogens (tertiary/aromatic N) is 1. The highest BCUT2D eigenvalue weighted by Gasteiger charge is 2.06. The van der Waals surface area contributed by atoms with E-state index >= 15 is 0 Å². The molecule has 0 aliphatic rings. The average molecular weight is 314 g/mol. The molecule has 1 heterocycles. The number of halogens is 2. The Bertz CT molecular complexity index is 560. The maximum Gasteiger partial charge on any atom is 0.219 e. The molecule has 0 atom stereocenters. The minimum atomic E-state index is 0.469. The van der Waals surface area contributed by atoms with Crippen molar-refractivity contribution >= 4 is 33.2 Å². The minimum absolute atomic E-state index is 0.469. The van der Waals surface area contributed by atoms with Crippen LogP contribution in [0.2, 0.25) is 5.02 Å². The summed E-state index contributed by atoms with van der Waals surface area (Å²) in [5.74, 6) is 1.02. The zero-order valence-electron chi connectivity index (χ0n) is 9.08. The van der Waals surface area contributed by atoms with Crippen LogP contribution in [0.4, 0.5) is 5.69 Å². The van der Waals surface area contributed by atoms with Gasteiger partial charge in [0.05, 0.1) is 16.4 Å². The topological polar surface area (TPSA) is 48.1 Å². The molecule has 0 spiro atoms. The predicted molar refractivity (Wildman–Crippen MR) is 72.6 cm³/mol. The van der Waals surface area contributed by atoms with Gasteiger partial charge in [-0.1, -0.05) is 27.5 Å². The van der Waals surface area contributed by atoms with Gasteiger partial charge in [-0.15, -0.1) is 0 Å². The van der Waals surface area contributed by atoms with E-state index in [1.165, 1.54) is 0 Å². The van der Waals surface area contributed by atoms with Gasteiger partial charge in [0.2, 0.25) is 5.88 Å². The monoisotopic (exact) mass is 312 g/mol. The fraction of sp³-hybridized carbons (Fsp3) is 0.0833. The van der Waals surface area contributed by atoms with Gasteiger partial charge in [0, 0.05) is 10.5 Å². The molecule has 5 heteroatoms. The first-order valence-electron chi connectivity index (χ1n) is 4.92. The molecule has 0 bridgehead atoms. The second kappa shape index (κ2) is 4.94. The lowest BCUT2D eigenvalue weighted by atomic mass is 10.3. The summed E-state index contributed by atoms with van der Waals surface area (Å²) in [6.45, 7) is 1.82. The van der Waals surface area contributed by atoms with Crippen LogP contribution in [0.1, 0.15) is 5.69 Å². The maximum atomic E-state index is 6.02. The summed E-state index contributed by atoms with van der Waals surface area (Å²) < 4.78 is 6.49. The lowest BCUT2D eigenvalue weighted by molar-refractivity contribution is 0.462. The SMILES string of the molecule is Cc1nc(Oc2cc(Br)ccc2Cl)ccc1N. The number of pyridine rings is 1. The Morgan fingerprint density at radius 1 is 1.29 bits per heavy atom. The summed E-state index contributed by atoms with van der Waals surface area (Å²) in [6.07, 6.45) is 0. The molecule has 3 nitrogen and oxygen atoms in total. The summed E-state index contributed by atoms with van der Waals surface area (Å²) >= 11 is 9.38. The molecule has 17 heavy (non-hydrogen) atoms. The van der Waals surface area contributed by atoms with Crippen LogP contribution >= 0.6 is 27.5 Å². The summed E-state index contributed by atoms with van der Waals surface area (Å²) in [5.41, 5.74) is 7.05. The molecule has 0 saturated carbocycles. The van der Waals surface area contributed by atoms with Crippen LogP contribution in [0.25, 0.3) is 0 Å². The molecule has 1 aromatic carbocycles. The molecule has 0 aliphatic heterocycles. The zero-order chi connectivity index (χ0) is 12.4. The quantitative estimate of drug-likeness (QED) is 0.904. The normalized spacial score (nSPS) is 10.3. The van der Waals surface area contributed by atoms with Crippen LogP contribution in [0.5, 0.6) is 11.6 Å². The standard InChI is InChI=1S/C12H10BrClN2O/c1-7-10(15)4-5-12(16-7)17-11-6-8(13)2-3-9(11)14/h2-6H,15H2,1H3. The molecular weight excluding hydrogens is 304 g/mol. The molecular formula is C12H10BrClN2O. The van der Waals surface area contributed by atoms with Crippen molar-refractivity contribution in [1.29, 1.82) is 0 Å². The van der Waals surface area contributed by atoms with Crippen LogP contribution < -0.4 is 10.5 Å². The van der Waals surface area contributed by atoms with Gasteiger partial charge in [0.25, 0.3) is 0 Å². The van der Waals surface area contributed by atoms with Gasteiger partial charge in [-0.2, -0.15) is 0 Å². The van der Waals surface area contributed by atoms with E-state index in [9.17, 15) is 0 Å². The van der Waals surface area contributed by atoms with Crippen molar-refractivity contribution in [2.45, 2.75) is 6.92 Å². The molecule has 0 radical (unpaired) electrons. The molecule has 2 N–H and O–H groups in total. The van der Waals surface area contributed by atoms with Crippen LogP contribution in [0.3, 0.4) is 0 Å². The van der Waals surface area contributed by atoms with E-state index in [0.29, 0.717) is 22.3 Å². The molecule has 0 saturated heterocycles. The Labute approximate surface area is 113 Å². The van der Waals surface area contributed by atoms with Gasteiger partial charge in [-0.05, 0) is 31.2 Å². The van der Waals surface area contributed by atoms with Crippen molar-refractivity contribution in [3.8, 4) is 11.6 Å². The van der Waals surface area contributed by atoms with E-state index < -0.39 is 0 Å². The molecule has 0 fully saturated rings. The second-order valence-electron chi connectivity index (χ2n) is 3.50. The van der Waals surface area contributed by atoms with E-state index in [4.69, 9.17) is 22.1 Å². The lowest BCUT2D eigenvalue weighted by Gasteiger charge is -2.08. The van der Waals surface area contributed by atoms with Crippen LogP contribution in [0.15, 0.2) is 34.8 Å². The van der Waals surface area contributed by atoms with Crippen LogP contribution in [-0.2, 0) is 0 Å². The van der Waals surface area contributed by atoms with Crippen molar-refractivity contribution in [2.75, 3.05) is 5.73 Å².